The van der Waals surface area contributed by atoms with Crippen LogP contribution in [0.4, 0.5) is 11.6 Å². The van der Waals surface area contributed by atoms with Gasteiger partial charge >= 0.3 is 0 Å². The van der Waals surface area contributed by atoms with Crippen LogP contribution in [-0.2, 0) is 0 Å². The average Bonchev–Trinajstić information content (AvgIpc) is 2.75. The lowest BCUT2D eigenvalue weighted by atomic mass is 10.0. The second-order valence-corrected chi connectivity index (χ2v) is 5.57. The van der Waals surface area contributed by atoms with Crippen molar-refractivity contribution in [2.24, 2.45) is 0 Å². The summed E-state index contributed by atoms with van der Waals surface area (Å²) in [4.78, 5) is 11.1. The Morgan fingerprint density at radius 2 is 2.21 bits per heavy atom. The Bertz CT molecular complexity index is 433. The molecule has 0 atom stereocenters. The van der Waals surface area contributed by atoms with Gasteiger partial charge in [0.05, 0.1) is 7.11 Å². The van der Waals surface area contributed by atoms with Crippen molar-refractivity contribution >= 4 is 11.6 Å². The van der Waals surface area contributed by atoms with Crippen LogP contribution in [0.3, 0.4) is 0 Å². The van der Waals surface area contributed by atoms with Crippen molar-refractivity contribution in [3.63, 3.8) is 0 Å². The summed E-state index contributed by atoms with van der Waals surface area (Å²) in [5, 5.41) is 3.30. The van der Waals surface area contributed by atoms with E-state index in [4.69, 9.17) is 4.74 Å². The summed E-state index contributed by atoms with van der Waals surface area (Å²) >= 11 is 0. The fourth-order valence-corrected chi connectivity index (χ4v) is 2.61. The monoisotopic (exact) mass is 264 g/mol. The van der Waals surface area contributed by atoms with Crippen molar-refractivity contribution in [2.45, 2.75) is 45.6 Å². The van der Waals surface area contributed by atoms with Gasteiger partial charge in [0.1, 0.15) is 6.33 Å². The molecule has 1 fully saturated rings. The van der Waals surface area contributed by atoms with Crippen LogP contribution in [0.2, 0.25) is 0 Å². The number of hydrogen-bond acceptors (Lipinski definition) is 5. The molecule has 0 bridgehead atoms. The number of aromatic nitrogens is 2. The molecule has 1 N–H and O–H groups in total. The summed E-state index contributed by atoms with van der Waals surface area (Å²) in [5.41, 5.74) is 0.129. The van der Waals surface area contributed by atoms with Crippen LogP contribution in [-0.4, -0.2) is 35.7 Å². The van der Waals surface area contributed by atoms with E-state index in [1.54, 1.807) is 13.4 Å². The molecule has 0 radical (unpaired) electrons. The van der Waals surface area contributed by atoms with Crippen molar-refractivity contribution < 1.29 is 4.74 Å². The van der Waals surface area contributed by atoms with Crippen LogP contribution in [0.5, 0.6) is 5.75 Å². The molecule has 5 heteroatoms. The van der Waals surface area contributed by atoms with Crippen LogP contribution in [0, 0.1) is 0 Å². The normalized spacial score (nSPS) is 17.6. The number of methoxy groups -OCH3 is 1. The van der Waals surface area contributed by atoms with Crippen molar-refractivity contribution in [3.05, 3.63) is 6.33 Å². The summed E-state index contributed by atoms with van der Waals surface area (Å²) in [7, 11) is 1.68. The topological polar surface area (TPSA) is 50.3 Å². The first kappa shape index (κ1) is 13.9. The third-order valence-corrected chi connectivity index (χ3v) is 3.69. The summed E-state index contributed by atoms with van der Waals surface area (Å²) in [6, 6.07) is 0. The molecule has 0 unspecified atom stereocenters. The number of nitrogens with one attached hydrogen (secondary N) is 1. The van der Waals surface area contributed by atoms with Crippen molar-refractivity contribution in [3.8, 4) is 5.75 Å². The minimum absolute atomic E-state index is 0.129. The lowest BCUT2D eigenvalue weighted by Gasteiger charge is -2.33. The third kappa shape index (κ3) is 2.74. The summed E-state index contributed by atoms with van der Waals surface area (Å²) in [5.74, 6) is 2.45. The SMILES string of the molecule is CCCNc1ncnc(N2CCCC2(C)C)c1OC. The summed E-state index contributed by atoms with van der Waals surface area (Å²) < 4.78 is 5.55. The molecule has 19 heavy (non-hydrogen) atoms. The largest absolute Gasteiger partial charge is 0.490 e. The molecule has 1 saturated heterocycles. The van der Waals surface area contributed by atoms with E-state index < -0.39 is 0 Å². The van der Waals surface area contributed by atoms with E-state index in [9.17, 15) is 0 Å². The third-order valence-electron chi connectivity index (χ3n) is 3.69. The van der Waals surface area contributed by atoms with Gasteiger partial charge in [-0.2, -0.15) is 0 Å². The number of nitrogens with zero attached hydrogens (tertiary/aromatic N) is 3. The fourth-order valence-electron chi connectivity index (χ4n) is 2.61. The second-order valence-electron chi connectivity index (χ2n) is 5.57. The molecule has 0 aromatic carbocycles. The second kappa shape index (κ2) is 5.63. The van der Waals surface area contributed by atoms with Gasteiger partial charge in [-0.25, -0.2) is 9.97 Å². The molecule has 1 aliphatic rings. The Morgan fingerprint density at radius 3 is 2.79 bits per heavy atom. The Labute approximate surface area is 115 Å². The van der Waals surface area contributed by atoms with Crippen LogP contribution in [0.15, 0.2) is 6.33 Å². The van der Waals surface area contributed by atoms with Gasteiger partial charge in [-0.1, -0.05) is 6.92 Å². The number of ether oxygens (including phenoxy) is 1. The van der Waals surface area contributed by atoms with E-state index in [1.807, 2.05) is 0 Å². The smallest absolute Gasteiger partial charge is 0.204 e. The van der Waals surface area contributed by atoms with Crippen molar-refractivity contribution in [1.29, 1.82) is 0 Å². The predicted molar refractivity (Wildman–Crippen MR) is 78.0 cm³/mol. The Kier molecular flexibility index (Phi) is 4.12. The number of anilines is 2. The van der Waals surface area contributed by atoms with Gasteiger partial charge < -0.3 is 15.0 Å². The number of rotatable bonds is 5. The van der Waals surface area contributed by atoms with E-state index in [0.29, 0.717) is 0 Å². The molecule has 2 rings (SSSR count). The van der Waals surface area contributed by atoms with Gasteiger partial charge in [0, 0.05) is 18.6 Å². The van der Waals surface area contributed by atoms with E-state index in [2.05, 4.69) is 41.0 Å². The van der Waals surface area contributed by atoms with Gasteiger partial charge in [0.25, 0.3) is 0 Å². The van der Waals surface area contributed by atoms with Crippen molar-refractivity contribution in [2.75, 3.05) is 30.4 Å². The minimum Gasteiger partial charge on any atom is -0.490 e. The maximum atomic E-state index is 5.55. The Morgan fingerprint density at radius 1 is 1.42 bits per heavy atom. The first-order valence-corrected chi connectivity index (χ1v) is 7.00. The first-order valence-electron chi connectivity index (χ1n) is 7.00. The van der Waals surface area contributed by atoms with Crippen LogP contribution < -0.4 is 15.0 Å². The quantitative estimate of drug-likeness (QED) is 0.886. The first-order chi connectivity index (χ1) is 9.10. The molecule has 2 heterocycles. The molecule has 0 amide bonds. The van der Waals surface area contributed by atoms with E-state index >= 15 is 0 Å². The zero-order valence-corrected chi connectivity index (χ0v) is 12.4. The van der Waals surface area contributed by atoms with Crippen molar-refractivity contribution in [1.82, 2.24) is 9.97 Å². The standard InChI is InChI=1S/C14H24N4O/c1-5-8-15-12-11(19-4)13(17-10-16-12)18-9-6-7-14(18,2)3/h10H,5-9H2,1-4H3,(H,15,16,17). The molecule has 1 aromatic heterocycles. The lowest BCUT2D eigenvalue weighted by Crippen LogP contribution is -2.39. The Hall–Kier alpha value is -1.52. The van der Waals surface area contributed by atoms with Gasteiger partial charge in [-0.05, 0) is 33.1 Å². The highest BCUT2D eigenvalue weighted by molar-refractivity contribution is 5.66. The van der Waals surface area contributed by atoms with Crippen LogP contribution in [0.1, 0.15) is 40.0 Å². The molecular weight excluding hydrogens is 240 g/mol. The zero-order chi connectivity index (χ0) is 13.9. The van der Waals surface area contributed by atoms with Gasteiger partial charge in [0.2, 0.25) is 5.75 Å². The molecule has 0 spiro atoms. The Balaban J connectivity index is 2.34. The molecular formula is C14H24N4O. The van der Waals surface area contributed by atoms with E-state index in [-0.39, 0.29) is 5.54 Å². The molecule has 0 saturated carbocycles. The maximum Gasteiger partial charge on any atom is 0.204 e. The predicted octanol–water partition coefficient (Wildman–Crippen LogP) is 2.69. The summed E-state index contributed by atoms with van der Waals surface area (Å²) in [6.07, 6.45) is 5.04. The lowest BCUT2D eigenvalue weighted by molar-refractivity contribution is 0.407. The van der Waals surface area contributed by atoms with E-state index in [1.165, 1.54) is 12.8 Å². The fraction of sp³-hybridized carbons (Fsp3) is 0.714. The zero-order valence-electron chi connectivity index (χ0n) is 12.4. The van der Waals surface area contributed by atoms with Gasteiger partial charge in [0.15, 0.2) is 11.6 Å². The molecule has 106 valence electrons. The molecule has 1 aromatic rings. The minimum atomic E-state index is 0.129. The highest BCUT2D eigenvalue weighted by atomic mass is 16.5. The van der Waals surface area contributed by atoms with Gasteiger partial charge in [-0.15, -0.1) is 0 Å². The highest BCUT2D eigenvalue weighted by Crippen LogP contribution is 2.39. The number of hydrogen-bond donors (Lipinski definition) is 1. The highest BCUT2D eigenvalue weighted by Gasteiger charge is 2.35. The molecule has 0 aliphatic carbocycles. The van der Waals surface area contributed by atoms with Gasteiger partial charge in [-0.3, -0.25) is 0 Å². The van der Waals surface area contributed by atoms with E-state index in [0.717, 1.165) is 36.9 Å². The molecule has 1 aliphatic heterocycles. The van der Waals surface area contributed by atoms with Crippen LogP contribution >= 0.6 is 0 Å². The molecule has 5 nitrogen and oxygen atoms in total. The van der Waals surface area contributed by atoms with Crippen LogP contribution in [0.25, 0.3) is 0 Å². The summed E-state index contributed by atoms with van der Waals surface area (Å²) in [6.45, 7) is 8.54. The average molecular weight is 264 g/mol. The maximum absolute atomic E-state index is 5.55.